The molecule has 1 aromatic heterocycles. The second kappa shape index (κ2) is 4.57. The van der Waals surface area contributed by atoms with Gasteiger partial charge in [0.1, 0.15) is 0 Å². The van der Waals surface area contributed by atoms with Crippen LogP contribution in [0, 0.1) is 17.0 Å². The summed E-state index contributed by atoms with van der Waals surface area (Å²) in [5, 5.41) is 13.5. The molecule has 6 heteroatoms. The van der Waals surface area contributed by atoms with Gasteiger partial charge in [-0.3, -0.25) is 14.9 Å². The van der Waals surface area contributed by atoms with Crippen molar-refractivity contribution >= 4 is 40.3 Å². The van der Waals surface area contributed by atoms with Gasteiger partial charge in [-0.1, -0.05) is 0 Å². The number of carbonyl (C=O) groups excluding carboxylic acids is 1. The predicted octanol–water partition coefficient (Wildman–Crippen LogP) is 3.46. The van der Waals surface area contributed by atoms with Gasteiger partial charge in [-0.25, -0.2) is 0 Å². The number of nitrogens with zero attached hydrogens (tertiary/aromatic N) is 1. The monoisotopic (exact) mass is 286 g/mol. The SMILES string of the molecule is Cc1ccc(/C=C2/C(=O)Nc3ccc([N+](=O)[O-])cc32)s1. The Bertz CT molecular complexity index is 762. The van der Waals surface area contributed by atoms with Crippen LogP contribution in [0.4, 0.5) is 11.4 Å². The normalized spacial score (nSPS) is 15.2. The molecular formula is C14H10N2O3S. The van der Waals surface area contributed by atoms with Crippen LogP contribution >= 0.6 is 11.3 Å². The van der Waals surface area contributed by atoms with E-state index in [9.17, 15) is 14.9 Å². The molecule has 0 radical (unpaired) electrons. The molecule has 1 amide bonds. The first kappa shape index (κ1) is 12.6. The van der Waals surface area contributed by atoms with Crippen molar-refractivity contribution in [2.24, 2.45) is 0 Å². The Labute approximate surface area is 118 Å². The largest absolute Gasteiger partial charge is 0.321 e. The molecule has 0 atom stereocenters. The third kappa shape index (κ3) is 2.10. The number of hydrogen-bond donors (Lipinski definition) is 1. The number of thiophene rings is 1. The van der Waals surface area contributed by atoms with Crippen LogP contribution in [-0.2, 0) is 4.79 Å². The average Bonchev–Trinajstić information content (AvgIpc) is 2.94. The van der Waals surface area contributed by atoms with Crippen molar-refractivity contribution in [3.8, 4) is 0 Å². The lowest BCUT2D eigenvalue weighted by atomic mass is 10.1. The van der Waals surface area contributed by atoms with Crippen molar-refractivity contribution < 1.29 is 9.72 Å². The number of nitrogens with one attached hydrogen (secondary N) is 1. The Kier molecular flexibility index (Phi) is 2.87. The number of aryl methyl sites for hydroxylation is 1. The Morgan fingerprint density at radius 3 is 2.75 bits per heavy atom. The first-order chi connectivity index (χ1) is 9.54. The smallest absolute Gasteiger partial charge is 0.270 e. The summed E-state index contributed by atoms with van der Waals surface area (Å²) in [5.41, 5.74) is 1.63. The highest BCUT2D eigenvalue weighted by atomic mass is 32.1. The zero-order chi connectivity index (χ0) is 14.3. The lowest BCUT2D eigenvalue weighted by Crippen LogP contribution is -2.03. The summed E-state index contributed by atoms with van der Waals surface area (Å²) in [5.74, 6) is -0.230. The Morgan fingerprint density at radius 1 is 1.30 bits per heavy atom. The van der Waals surface area contributed by atoms with Gasteiger partial charge in [0, 0.05) is 33.1 Å². The Morgan fingerprint density at radius 2 is 2.10 bits per heavy atom. The van der Waals surface area contributed by atoms with Crippen molar-refractivity contribution in [2.45, 2.75) is 6.92 Å². The van der Waals surface area contributed by atoms with Crippen LogP contribution in [-0.4, -0.2) is 10.8 Å². The maximum absolute atomic E-state index is 12.0. The number of fused-ring (bicyclic) bond motifs is 1. The molecule has 1 N–H and O–H groups in total. The highest BCUT2D eigenvalue weighted by Crippen LogP contribution is 2.36. The van der Waals surface area contributed by atoms with Crippen LogP contribution in [0.5, 0.6) is 0 Å². The molecule has 5 nitrogen and oxygen atoms in total. The van der Waals surface area contributed by atoms with E-state index in [0.29, 0.717) is 16.8 Å². The van der Waals surface area contributed by atoms with E-state index in [1.165, 1.54) is 12.1 Å². The van der Waals surface area contributed by atoms with Gasteiger partial charge in [-0.15, -0.1) is 11.3 Å². The van der Waals surface area contributed by atoms with Crippen LogP contribution in [0.1, 0.15) is 15.3 Å². The molecule has 3 rings (SSSR count). The number of non-ortho nitro benzene ring substituents is 1. The zero-order valence-electron chi connectivity index (χ0n) is 10.5. The summed E-state index contributed by atoms with van der Waals surface area (Å²) < 4.78 is 0. The van der Waals surface area contributed by atoms with Gasteiger partial charge in [0.05, 0.1) is 10.5 Å². The van der Waals surface area contributed by atoms with Crippen molar-refractivity contribution in [3.63, 3.8) is 0 Å². The Balaban J connectivity index is 2.10. The van der Waals surface area contributed by atoms with E-state index in [-0.39, 0.29) is 11.6 Å². The van der Waals surface area contributed by atoms with Crippen molar-refractivity contribution in [1.29, 1.82) is 0 Å². The minimum Gasteiger partial charge on any atom is -0.321 e. The molecule has 20 heavy (non-hydrogen) atoms. The Hall–Kier alpha value is -2.47. The molecule has 2 aromatic rings. The summed E-state index contributed by atoms with van der Waals surface area (Å²) in [4.78, 5) is 24.4. The second-order valence-corrected chi connectivity index (χ2v) is 5.77. The van der Waals surface area contributed by atoms with Gasteiger partial charge in [0.25, 0.3) is 11.6 Å². The lowest BCUT2D eigenvalue weighted by molar-refractivity contribution is -0.384. The maximum Gasteiger partial charge on any atom is 0.270 e. The summed E-state index contributed by atoms with van der Waals surface area (Å²) in [6, 6.07) is 8.27. The molecule has 2 heterocycles. The van der Waals surface area contributed by atoms with E-state index >= 15 is 0 Å². The van der Waals surface area contributed by atoms with Crippen molar-refractivity contribution in [2.75, 3.05) is 5.32 Å². The fraction of sp³-hybridized carbons (Fsp3) is 0.0714. The number of anilines is 1. The van der Waals surface area contributed by atoms with Gasteiger partial charge in [0.15, 0.2) is 0 Å². The second-order valence-electron chi connectivity index (χ2n) is 4.45. The summed E-state index contributed by atoms with van der Waals surface area (Å²) in [7, 11) is 0. The standard InChI is InChI=1S/C14H10N2O3S/c1-8-2-4-10(20-8)7-12-11-6-9(16(18)19)3-5-13(11)15-14(12)17/h2-7H,1H3,(H,15,17)/b12-7+. The number of amides is 1. The fourth-order valence-corrected chi connectivity index (χ4v) is 2.93. The highest BCUT2D eigenvalue weighted by molar-refractivity contribution is 7.12. The molecule has 100 valence electrons. The summed E-state index contributed by atoms with van der Waals surface area (Å²) >= 11 is 1.57. The minimum absolute atomic E-state index is 0.0199. The quantitative estimate of drug-likeness (QED) is 0.522. The van der Waals surface area contributed by atoms with Gasteiger partial charge in [0.2, 0.25) is 0 Å². The van der Waals surface area contributed by atoms with E-state index in [0.717, 1.165) is 9.75 Å². The van der Waals surface area contributed by atoms with Gasteiger partial charge < -0.3 is 5.32 Å². The van der Waals surface area contributed by atoms with E-state index in [2.05, 4.69) is 5.32 Å². The number of rotatable bonds is 2. The average molecular weight is 286 g/mol. The molecule has 0 spiro atoms. The lowest BCUT2D eigenvalue weighted by Gasteiger charge is -1.98. The van der Waals surface area contributed by atoms with Gasteiger partial charge >= 0.3 is 0 Å². The first-order valence-corrected chi connectivity index (χ1v) is 6.74. The molecular weight excluding hydrogens is 276 g/mol. The van der Waals surface area contributed by atoms with Crippen molar-refractivity contribution in [3.05, 3.63) is 55.8 Å². The number of carbonyl (C=O) groups is 1. The fourth-order valence-electron chi connectivity index (χ4n) is 2.11. The molecule has 1 aromatic carbocycles. The minimum atomic E-state index is -0.462. The van der Waals surface area contributed by atoms with E-state index in [4.69, 9.17) is 0 Å². The van der Waals surface area contributed by atoms with Crippen molar-refractivity contribution in [1.82, 2.24) is 0 Å². The molecule has 0 saturated heterocycles. The van der Waals surface area contributed by atoms with Crippen LogP contribution < -0.4 is 5.32 Å². The predicted molar refractivity (Wildman–Crippen MR) is 78.7 cm³/mol. The van der Waals surface area contributed by atoms with E-state index < -0.39 is 4.92 Å². The molecule has 0 saturated carbocycles. The molecule has 0 bridgehead atoms. The van der Waals surface area contributed by atoms with Gasteiger partial charge in [-0.2, -0.15) is 0 Å². The van der Waals surface area contributed by atoms with Crippen LogP contribution in [0.2, 0.25) is 0 Å². The molecule has 0 fully saturated rings. The highest BCUT2D eigenvalue weighted by Gasteiger charge is 2.26. The summed E-state index contributed by atoms with van der Waals surface area (Å²) in [6.07, 6.45) is 1.77. The number of nitro groups is 1. The van der Waals surface area contributed by atoms with Gasteiger partial charge in [-0.05, 0) is 31.2 Å². The number of hydrogen-bond acceptors (Lipinski definition) is 4. The first-order valence-electron chi connectivity index (χ1n) is 5.93. The molecule has 1 aliphatic heterocycles. The topological polar surface area (TPSA) is 72.2 Å². The third-order valence-electron chi connectivity index (χ3n) is 3.04. The molecule has 0 aliphatic carbocycles. The van der Waals surface area contributed by atoms with E-state index in [1.807, 2.05) is 19.1 Å². The number of nitro benzene ring substituents is 1. The van der Waals surface area contributed by atoms with Crippen LogP contribution in [0.3, 0.4) is 0 Å². The van der Waals surface area contributed by atoms with E-state index in [1.54, 1.807) is 23.5 Å². The third-order valence-corrected chi connectivity index (χ3v) is 3.99. The molecule has 0 unspecified atom stereocenters. The number of benzene rings is 1. The van der Waals surface area contributed by atoms with Crippen LogP contribution in [0.25, 0.3) is 11.6 Å². The summed E-state index contributed by atoms with van der Waals surface area (Å²) in [6.45, 7) is 1.99. The molecule has 1 aliphatic rings. The zero-order valence-corrected chi connectivity index (χ0v) is 11.4. The van der Waals surface area contributed by atoms with Crippen LogP contribution in [0.15, 0.2) is 30.3 Å². The maximum atomic E-state index is 12.0.